The quantitative estimate of drug-likeness (QED) is 0.867. The van der Waals surface area contributed by atoms with Crippen molar-refractivity contribution in [2.75, 3.05) is 13.1 Å². The number of piperidine rings is 1. The van der Waals surface area contributed by atoms with Crippen LogP contribution >= 0.6 is 11.3 Å². The van der Waals surface area contributed by atoms with E-state index in [2.05, 4.69) is 27.7 Å². The maximum atomic E-state index is 12.6. The van der Waals surface area contributed by atoms with Crippen LogP contribution in [0.25, 0.3) is 0 Å². The van der Waals surface area contributed by atoms with Gasteiger partial charge in [0.2, 0.25) is 11.8 Å². The van der Waals surface area contributed by atoms with E-state index in [1.165, 1.54) is 4.88 Å². The van der Waals surface area contributed by atoms with Crippen LogP contribution in [-0.4, -0.2) is 29.1 Å². The van der Waals surface area contributed by atoms with Crippen LogP contribution in [0.4, 0.5) is 0 Å². The molecule has 0 bridgehead atoms. The van der Waals surface area contributed by atoms with Crippen LogP contribution in [0, 0.1) is 10.8 Å². The summed E-state index contributed by atoms with van der Waals surface area (Å²) >= 11 is 1.67. The summed E-state index contributed by atoms with van der Waals surface area (Å²) in [5.41, 5.74) is -0.0391. The Balaban J connectivity index is 1.32. The number of rotatable bonds is 5. The molecule has 1 amide bonds. The Bertz CT molecular complexity index is 721. The predicted octanol–water partition coefficient (Wildman–Crippen LogP) is 2.12. The first-order valence-corrected chi connectivity index (χ1v) is 9.32. The molecule has 7 heteroatoms. The second-order valence-electron chi connectivity index (χ2n) is 7.08. The van der Waals surface area contributed by atoms with Gasteiger partial charge in [-0.2, -0.15) is 4.98 Å². The molecule has 2 N–H and O–H groups in total. The number of amides is 1. The Hall–Kier alpha value is -1.73. The molecule has 2 fully saturated rings. The minimum atomic E-state index is -0.237. The summed E-state index contributed by atoms with van der Waals surface area (Å²) < 4.78 is 5.27. The van der Waals surface area contributed by atoms with Crippen molar-refractivity contribution in [1.82, 2.24) is 20.8 Å². The average Bonchev–Trinajstić information content (AvgIpc) is 3.03. The van der Waals surface area contributed by atoms with Gasteiger partial charge in [-0.05, 0) is 49.2 Å². The van der Waals surface area contributed by atoms with Crippen molar-refractivity contribution in [3.8, 4) is 0 Å². The Morgan fingerprint density at radius 3 is 3.04 bits per heavy atom. The fraction of sp³-hybridized carbons (Fsp3) is 0.588. The standard InChI is InChI=1S/C17H22N4O2S/c1-16(11-17(16)4-6-18-7-5-17)15(22)19-10-13-20-14(23-21-13)9-12-3-2-8-24-12/h2-3,8,18H,4-7,9-11H2,1H3,(H,19,22). The molecule has 6 nitrogen and oxygen atoms in total. The zero-order valence-corrected chi connectivity index (χ0v) is 14.6. The molecule has 1 aliphatic carbocycles. The fourth-order valence-electron chi connectivity index (χ4n) is 3.94. The van der Waals surface area contributed by atoms with Crippen molar-refractivity contribution in [1.29, 1.82) is 0 Å². The van der Waals surface area contributed by atoms with E-state index in [-0.39, 0.29) is 16.7 Å². The van der Waals surface area contributed by atoms with Gasteiger partial charge in [0.1, 0.15) is 0 Å². The molecule has 0 radical (unpaired) electrons. The summed E-state index contributed by atoms with van der Waals surface area (Å²) in [4.78, 5) is 18.2. The van der Waals surface area contributed by atoms with E-state index >= 15 is 0 Å². The van der Waals surface area contributed by atoms with Crippen molar-refractivity contribution in [3.05, 3.63) is 34.1 Å². The second kappa shape index (κ2) is 5.97. The van der Waals surface area contributed by atoms with Gasteiger partial charge in [0, 0.05) is 4.88 Å². The lowest BCUT2D eigenvalue weighted by atomic mass is 9.85. The molecule has 3 heterocycles. The van der Waals surface area contributed by atoms with Gasteiger partial charge in [-0.3, -0.25) is 4.79 Å². The lowest BCUT2D eigenvalue weighted by Crippen LogP contribution is -2.38. The molecule has 4 rings (SSSR count). The van der Waals surface area contributed by atoms with Gasteiger partial charge in [0.05, 0.1) is 18.4 Å². The van der Waals surface area contributed by atoms with Crippen molar-refractivity contribution in [2.24, 2.45) is 10.8 Å². The average molecular weight is 346 g/mol. The van der Waals surface area contributed by atoms with Crippen LogP contribution in [0.15, 0.2) is 22.0 Å². The first kappa shape index (κ1) is 15.8. The van der Waals surface area contributed by atoms with E-state index in [1.807, 2.05) is 17.5 Å². The van der Waals surface area contributed by atoms with E-state index in [9.17, 15) is 4.79 Å². The van der Waals surface area contributed by atoms with Crippen LogP contribution in [0.1, 0.15) is 42.8 Å². The highest BCUT2D eigenvalue weighted by Gasteiger charge is 2.67. The summed E-state index contributed by atoms with van der Waals surface area (Å²) in [7, 11) is 0. The molecule has 1 saturated carbocycles. The monoisotopic (exact) mass is 346 g/mol. The highest BCUT2D eigenvalue weighted by atomic mass is 32.1. The predicted molar refractivity (Wildman–Crippen MR) is 90.5 cm³/mol. The molecule has 1 saturated heterocycles. The van der Waals surface area contributed by atoms with E-state index in [1.54, 1.807) is 11.3 Å². The number of hydrogen-bond acceptors (Lipinski definition) is 6. The molecular formula is C17H22N4O2S. The molecule has 1 unspecified atom stereocenters. The molecule has 128 valence electrons. The smallest absolute Gasteiger partial charge is 0.231 e. The summed E-state index contributed by atoms with van der Waals surface area (Å²) in [6, 6.07) is 4.05. The van der Waals surface area contributed by atoms with Gasteiger partial charge in [-0.1, -0.05) is 18.1 Å². The van der Waals surface area contributed by atoms with E-state index in [4.69, 9.17) is 4.52 Å². The van der Waals surface area contributed by atoms with Gasteiger partial charge in [-0.15, -0.1) is 11.3 Å². The molecule has 1 aliphatic heterocycles. The molecule has 1 spiro atoms. The summed E-state index contributed by atoms with van der Waals surface area (Å²) in [6.07, 6.45) is 3.81. The van der Waals surface area contributed by atoms with Crippen LogP contribution < -0.4 is 10.6 Å². The van der Waals surface area contributed by atoms with Gasteiger partial charge in [-0.25, -0.2) is 0 Å². The zero-order valence-electron chi connectivity index (χ0n) is 13.8. The largest absolute Gasteiger partial charge is 0.348 e. The van der Waals surface area contributed by atoms with E-state index in [0.29, 0.717) is 24.7 Å². The third kappa shape index (κ3) is 2.75. The minimum Gasteiger partial charge on any atom is -0.348 e. The van der Waals surface area contributed by atoms with Gasteiger partial charge in [0.15, 0.2) is 5.82 Å². The van der Waals surface area contributed by atoms with Crippen LogP contribution in [0.5, 0.6) is 0 Å². The first-order chi connectivity index (χ1) is 11.6. The summed E-state index contributed by atoms with van der Waals surface area (Å²) in [5, 5.41) is 12.4. The third-order valence-corrected chi connectivity index (χ3v) is 6.50. The third-order valence-electron chi connectivity index (χ3n) is 5.62. The Kier molecular flexibility index (Phi) is 3.92. The zero-order chi connectivity index (χ0) is 16.6. The number of carbonyl (C=O) groups is 1. The summed E-state index contributed by atoms with van der Waals surface area (Å²) in [6.45, 7) is 4.45. The van der Waals surface area contributed by atoms with E-state index < -0.39 is 0 Å². The van der Waals surface area contributed by atoms with Crippen LogP contribution in [-0.2, 0) is 17.8 Å². The van der Waals surface area contributed by atoms with E-state index in [0.717, 1.165) is 32.4 Å². The highest BCUT2D eigenvalue weighted by Crippen LogP contribution is 2.68. The normalized spacial score (nSPS) is 24.9. The molecule has 24 heavy (non-hydrogen) atoms. The van der Waals surface area contributed by atoms with Crippen LogP contribution in [0.3, 0.4) is 0 Å². The highest BCUT2D eigenvalue weighted by molar-refractivity contribution is 7.09. The van der Waals surface area contributed by atoms with Crippen molar-refractivity contribution in [3.63, 3.8) is 0 Å². The molecule has 1 atom stereocenters. The molecule has 2 aromatic heterocycles. The molecule has 2 aliphatic rings. The van der Waals surface area contributed by atoms with Crippen molar-refractivity contribution < 1.29 is 9.32 Å². The number of aromatic nitrogens is 2. The topological polar surface area (TPSA) is 80.1 Å². The number of nitrogens with zero attached hydrogens (tertiary/aromatic N) is 2. The lowest BCUT2D eigenvalue weighted by Gasteiger charge is -2.27. The lowest BCUT2D eigenvalue weighted by molar-refractivity contribution is -0.127. The maximum absolute atomic E-state index is 12.6. The first-order valence-electron chi connectivity index (χ1n) is 8.44. The number of thiophene rings is 1. The van der Waals surface area contributed by atoms with Crippen LogP contribution in [0.2, 0.25) is 0 Å². The molecule has 2 aromatic rings. The summed E-state index contributed by atoms with van der Waals surface area (Å²) in [5.74, 6) is 1.25. The number of nitrogens with one attached hydrogen (secondary N) is 2. The molecule has 0 aromatic carbocycles. The SMILES string of the molecule is CC1(C(=O)NCc2noc(Cc3cccs3)n2)CC12CCNCC2. The number of carbonyl (C=O) groups excluding carboxylic acids is 1. The Morgan fingerprint density at radius 1 is 1.46 bits per heavy atom. The second-order valence-corrected chi connectivity index (χ2v) is 8.11. The van der Waals surface area contributed by atoms with Crippen molar-refractivity contribution in [2.45, 2.75) is 39.2 Å². The Labute approximate surface area is 145 Å². The Morgan fingerprint density at radius 2 is 2.29 bits per heavy atom. The van der Waals surface area contributed by atoms with Gasteiger partial charge < -0.3 is 15.2 Å². The molecular weight excluding hydrogens is 324 g/mol. The minimum absolute atomic E-state index is 0.119. The fourth-order valence-corrected chi connectivity index (χ4v) is 4.63. The van der Waals surface area contributed by atoms with Crippen molar-refractivity contribution >= 4 is 17.2 Å². The van der Waals surface area contributed by atoms with Gasteiger partial charge >= 0.3 is 0 Å². The van der Waals surface area contributed by atoms with Gasteiger partial charge in [0.25, 0.3) is 0 Å². The number of hydrogen-bond donors (Lipinski definition) is 2. The maximum Gasteiger partial charge on any atom is 0.231 e.